The van der Waals surface area contributed by atoms with Crippen molar-refractivity contribution in [3.8, 4) is 0 Å². The molecule has 0 fully saturated rings. The van der Waals surface area contributed by atoms with Gasteiger partial charge in [-0.1, -0.05) is 0 Å². The number of aromatic amines is 1. The molecule has 0 aliphatic carbocycles. The minimum absolute atomic E-state index is 0.552. The van der Waals surface area contributed by atoms with Crippen LogP contribution in [0, 0.1) is 0 Å². The van der Waals surface area contributed by atoms with Crippen LogP contribution < -0.4 is 11.1 Å². The molecule has 19 heavy (non-hydrogen) atoms. The number of rotatable bonds is 3. The molecule has 6 nitrogen and oxygen atoms in total. The molecule has 0 radical (unpaired) electrons. The normalized spacial score (nSPS) is 10.8. The van der Waals surface area contributed by atoms with Crippen molar-refractivity contribution in [3.63, 3.8) is 0 Å². The second-order valence-corrected chi connectivity index (χ2v) is 4.95. The number of fused-ring (bicyclic) bond motifs is 1. The highest BCUT2D eigenvalue weighted by atomic mass is 79.9. The van der Waals surface area contributed by atoms with E-state index in [-0.39, 0.29) is 0 Å². The minimum Gasteiger partial charge on any atom is -0.398 e. The lowest BCUT2D eigenvalue weighted by molar-refractivity contribution is 0.955. The van der Waals surface area contributed by atoms with Crippen molar-refractivity contribution in [1.82, 2.24) is 20.2 Å². The Balaban J connectivity index is 1.97. The first kappa shape index (κ1) is 11.9. The highest BCUT2D eigenvalue weighted by Gasteiger charge is 2.06. The summed E-state index contributed by atoms with van der Waals surface area (Å²) < 4.78 is 0.902. The zero-order valence-corrected chi connectivity index (χ0v) is 11.5. The maximum absolute atomic E-state index is 5.97. The third-order valence-corrected chi connectivity index (χ3v) is 3.19. The first-order valence-corrected chi connectivity index (χ1v) is 6.45. The van der Waals surface area contributed by atoms with Gasteiger partial charge in [-0.05, 0) is 34.1 Å². The Hall–Kier alpha value is -2.15. The largest absolute Gasteiger partial charge is 0.398 e. The van der Waals surface area contributed by atoms with Crippen LogP contribution in [0.5, 0.6) is 0 Å². The van der Waals surface area contributed by atoms with Crippen LogP contribution in [-0.4, -0.2) is 20.2 Å². The first-order valence-electron chi connectivity index (χ1n) is 5.66. The summed E-state index contributed by atoms with van der Waals surface area (Å²) in [5.74, 6) is 0.766. The second kappa shape index (κ2) is 4.85. The van der Waals surface area contributed by atoms with Gasteiger partial charge in [0.25, 0.3) is 0 Å². The number of nitrogens with one attached hydrogen (secondary N) is 2. The van der Waals surface area contributed by atoms with Gasteiger partial charge in [0.15, 0.2) is 0 Å². The molecule has 0 bridgehead atoms. The van der Waals surface area contributed by atoms with Crippen molar-refractivity contribution >= 4 is 38.2 Å². The molecule has 7 heteroatoms. The van der Waals surface area contributed by atoms with Crippen LogP contribution >= 0.6 is 15.9 Å². The van der Waals surface area contributed by atoms with Crippen LogP contribution in [0.25, 0.3) is 10.9 Å². The molecule has 0 atom stereocenters. The molecule has 0 unspecified atom stereocenters. The summed E-state index contributed by atoms with van der Waals surface area (Å²) in [6.45, 7) is 0.552. The smallest absolute Gasteiger partial charge is 0.143 e. The molecule has 0 aliphatic heterocycles. The molecule has 2 aromatic heterocycles. The molecule has 3 rings (SSSR count). The van der Waals surface area contributed by atoms with Crippen molar-refractivity contribution in [2.24, 2.45) is 0 Å². The summed E-state index contributed by atoms with van der Waals surface area (Å²) in [6, 6.07) is 5.73. The molecular weight excluding hydrogens is 308 g/mol. The topological polar surface area (TPSA) is 92.5 Å². The maximum Gasteiger partial charge on any atom is 0.143 e. The Morgan fingerprint density at radius 3 is 3.00 bits per heavy atom. The monoisotopic (exact) mass is 318 g/mol. The fourth-order valence-electron chi connectivity index (χ4n) is 1.85. The zero-order chi connectivity index (χ0) is 13.2. The average molecular weight is 319 g/mol. The summed E-state index contributed by atoms with van der Waals surface area (Å²) in [6.07, 6.45) is 3.23. The molecule has 1 aromatic carbocycles. The van der Waals surface area contributed by atoms with E-state index in [1.807, 2.05) is 18.2 Å². The van der Waals surface area contributed by atoms with Gasteiger partial charge in [0.2, 0.25) is 0 Å². The standard InChI is InChI=1S/C12H11BrN6/c13-7-3-8-9(14)1-2-10(12(8)16-4-7)15-5-11-17-6-18-19-11/h1-4,6,15H,5,14H2,(H,17,18,19). The number of nitrogens with two attached hydrogens (primary N) is 1. The molecule has 2 heterocycles. The van der Waals surface area contributed by atoms with Crippen molar-refractivity contribution in [3.05, 3.63) is 41.0 Å². The number of hydrogen-bond acceptors (Lipinski definition) is 5. The SMILES string of the molecule is Nc1ccc(NCc2ncn[nH]2)c2ncc(Br)cc12. The van der Waals surface area contributed by atoms with Gasteiger partial charge in [-0.15, -0.1) is 0 Å². The maximum atomic E-state index is 5.97. The number of halogens is 1. The van der Waals surface area contributed by atoms with Crippen molar-refractivity contribution in [2.45, 2.75) is 6.54 Å². The van der Waals surface area contributed by atoms with Crippen LogP contribution in [0.4, 0.5) is 11.4 Å². The van der Waals surface area contributed by atoms with E-state index in [4.69, 9.17) is 5.73 Å². The van der Waals surface area contributed by atoms with Crippen LogP contribution in [0.3, 0.4) is 0 Å². The van der Waals surface area contributed by atoms with Gasteiger partial charge in [-0.2, -0.15) is 5.10 Å². The number of H-pyrrole nitrogens is 1. The minimum atomic E-state index is 0.552. The number of nitrogen functional groups attached to an aromatic ring is 1. The lowest BCUT2D eigenvalue weighted by Gasteiger charge is -2.09. The van der Waals surface area contributed by atoms with E-state index in [0.29, 0.717) is 12.2 Å². The van der Waals surface area contributed by atoms with E-state index in [1.54, 1.807) is 6.20 Å². The second-order valence-electron chi connectivity index (χ2n) is 4.04. The fourth-order valence-corrected chi connectivity index (χ4v) is 2.18. The predicted octanol–water partition coefficient (Wildman–Crippen LogP) is 2.31. The number of hydrogen-bond donors (Lipinski definition) is 3. The number of anilines is 2. The van der Waals surface area contributed by atoms with E-state index in [9.17, 15) is 0 Å². The van der Waals surface area contributed by atoms with Gasteiger partial charge < -0.3 is 11.1 Å². The van der Waals surface area contributed by atoms with E-state index in [1.165, 1.54) is 6.33 Å². The molecule has 96 valence electrons. The Morgan fingerprint density at radius 2 is 2.21 bits per heavy atom. The molecule has 4 N–H and O–H groups in total. The average Bonchev–Trinajstić information content (AvgIpc) is 2.92. The van der Waals surface area contributed by atoms with E-state index in [0.717, 1.165) is 26.9 Å². The van der Waals surface area contributed by atoms with Gasteiger partial charge in [0.05, 0.1) is 17.7 Å². The molecule has 0 saturated heterocycles. The highest BCUT2D eigenvalue weighted by Crippen LogP contribution is 2.28. The van der Waals surface area contributed by atoms with Crippen LogP contribution in [0.2, 0.25) is 0 Å². The third-order valence-electron chi connectivity index (χ3n) is 2.76. The third kappa shape index (κ3) is 2.37. The Labute approximate surface area is 117 Å². The molecule has 3 aromatic rings. The van der Waals surface area contributed by atoms with Gasteiger partial charge in [0.1, 0.15) is 12.2 Å². The number of benzene rings is 1. The number of nitrogens with zero attached hydrogens (tertiary/aromatic N) is 3. The van der Waals surface area contributed by atoms with Crippen LogP contribution in [0.1, 0.15) is 5.82 Å². The summed E-state index contributed by atoms with van der Waals surface area (Å²) in [7, 11) is 0. The summed E-state index contributed by atoms with van der Waals surface area (Å²) in [5, 5.41) is 10.8. The summed E-state index contributed by atoms with van der Waals surface area (Å²) in [5.41, 5.74) is 8.42. The fraction of sp³-hybridized carbons (Fsp3) is 0.0833. The highest BCUT2D eigenvalue weighted by molar-refractivity contribution is 9.10. The van der Waals surface area contributed by atoms with E-state index in [2.05, 4.69) is 41.4 Å². The molecule has 0 aliphatic rings. The summed E-state index contributed by atoms with van der Waals surface area (Å²) >= 11 is 3.40. The summed E-state index contributed by atoms with van der Waals surface area (Å²) in [4.78, 5) is 8.47. The quantitative estimate of drug-likeness (QED) is 0.644. The molecule has 0 amide bonds. The van der Waals surface area contributed by atoms with Crippen molar-refractivity contribution in [2.75, 3.05) is 11.1 Å². The lowest BCUT2D eigenvalue weighted by atomic mass is 10.1. The number of pyridine rings is 1. The van der Waals surface area contributed by atoms with Crippen LogP contribution in [-0.2, 0) is 6.54 Å². The van der Waals surface area contributed by atoms with E-state index >= 15 is 0 Å². The molecular formula is C12H11BrN6. The van der Waals surface area contributed by atoms with Crippen molar-refractivity contribution < 1.29 is 0 Å². The first-order chi connectivity index (χ1) is 9.24. The Morgan fingerprint density at radius 1 is 1.32 bits per heavy atom. The Kier molecular flexibility index (Phi) is 3.04. The van der Waals surface area contributed by atoms with E-state index < -0.39 is 0 Å². The zero-order valence-electron chi connectivity index (χ0n) is 9.89. The van der Waals surface area contributed by atoms with Gasteiger partial charge in [0, 0.05) is 21.7 Å². The van der Waals surface area contributed by atoms with Crippen molar-refractivity contribution in [1.29, 1.82) is 0 Å². The van der Waals surface area contributed by atoms with Gasteiger partial charge in [-0.3, -0.25) is 10.1 Å². The number of aromatic nitrogens is 4. The van der Waals surface area contributed by atoms with Crippen LogP contribution in [0.15, 0.2) is 35.2 Å². The Bertz CT molecular complexity index is 710. The van der Waals surface area contributed by atoms with Gasteiger partial charge >= 0.3 is 0 Å². The van der Waals surface area contributed by atoms with Gasteiger partial charge in [-0.25, -0.2) is 4.98 Å². The molecule has 0 saturated carbocycles. The predicted molar refractivity (Wildman–Crippen MR) is 77.6 cm³/mol. The molecule has 0 spiro atoms. The lowest BCUT2D eigenvalue weighted by Crippen LogP contribution is -2.03.